The van der Waals surface area contributed by atoms with Crippen LogP contribution in [0.25, 0.3) is 0 Å². The number of hydrogen-bond donors (Lipinski definition) is 1. The molecule has 2 heterocycles. The monoisotopic (exact) mass is 249 g/mol. The maximum atomic E-state index is 12.0. The van der Waals surface area contributed by atoms with Gasteiger partial charge in [0.1, 0.15) is 0 Å². The van der Waals surface area contributed by atoms with Gasteiger partial charge in [-0.05, 0) is 13.0 Å². The molecule has 1 aromatic rings. The molecule has 5 nitrogen and oxygen atoms in total. The molecule has 1 amide bonds. The Hall–Kier alpha value is -1.62. The first kappa shape index (κ1) is 12.8. The fraction of sp³-hybridized carbons (Fsp3) is 0.538. The van der Waals surface area contributed by atoms with Crippen LogP contribution in [0.2, 0.25) is 0 Å². The van der Waals surface area contributed by atoms with Crippen LogP contribution < -0.4 is 10.9 Å². The van der Waals surface area contributed by atoms with Gasteiger partial charge in [0.15, 0.2) is 0 Å². The summed E-state index contributed by atoms with van der Waals surface area (Å²) in [7, 11) is 0. The minimum absolute atomic E-state index is 0.0565. The van der Waals surface area contributed by atoms with Crippen molar-refractivity contribution in [3.05, 3.63) is 34.7 Å². The first-order chi connectivity index (χ1) is 8.66. The van der Waals surface area contributed by atoms with Gasteiger partial charge in [-0.2, -0.15) is 0 Å². The van der Waals surface area contributed by atoms with Crippen LogP contribution in [0.4, 0.5) is 0 Å². The fourth-order valence-electron chi connectivity index (χ4n) is 2.18. The molecule has 0 spiro atoms. The van der Waals surface area contributed by atoms with Gasteiger partial charge in [-0.25, -0.2) is 0 Å². The number of aromatic nitrogens is 1. The first-order valence-electron chi connectivity index (χ1n) is 6.33. The fourth-order valence-corrected chi connectivity index (χ4v) is 2.18. The summed E-state index contributed by atoms with van der Waals surface area (Å²) in [6, 6.07) is 5.37. The molecule has 0 aromatic carbocycles. The molecule has 1 atom stereocenters. The highest BCUT2D eigenvalue weighted by molar-refractivity contribution is 5.76. The Balaban J connectivity index is 1.88. The zero-order chi connectivity index (χ0) is 13.0. The van der Waals surface area contributed by atoms with Crippen molar-refractivity contribution < 1.29 is 4.79 Å². The summed E-state index contributed by atoms with van der Waals surface area (Å²) in [5.74, 6) is 0.124. The number of rotatable bonds is 3. The maximum absolute atomic E-state index is 12.0. The second-order valence-corrected chi connectivity index (χ2v) is 4.68. The van der Waals surface area contributed by atoms with Gasteiger partial charge in [-0.15, -0.1) is 0 Å². The van der Waals surface area contributed by atoms with Gasteiger partial charge in [-0.3, -0.25) is 9.59 Å². The van der Waals surface area contributed by atoms with E-state index in [1.807, 2.05) is 4.90 Å². The Kier molecular flexibility index (Phi) is 4.15. The van der Waals surface area contributed by atoms with Crippen LogP contribution in [0.3, 0.4) is 0 Å². The molecule has 0 radical (unpaired) electrons. The van der Waals surface area contributed by atoms with Crippen LogP contribution in [0.15, 0.2) is 29.2 Å². The largest absolute Gasteiger partial charge is 0.340 e. The minimum atomic E-state index is -0.0565. The van der Waals surface area contributed by atoms with Crippen molar-refractivity contribution in [2.45, 2.75) is 25.9 Å². The highest BCUT2D eigenvalue weighted by Gasteiger charge is 2.19. The predicted octanol–water partition coefficient (Wildman–Crippen LogP) is 0.0587. The highest BCUT2D eigenvalue weighted by Crippen LogP contribution is 2.02. The molecule has 5 heteroatoms. The van der Waals surface area contributed by atoms with Gasteiger partial charge >= 0.3 is 0 Å². The molecule has 1 unspecified atom stereocenters. The molecule has 98 valence electrons. The normalized spacial score (nSPS) is 19.8. The Bertz CT molecular complexity index is 469. The molecule has 1 aliphatic heterocycles. The van der Waals surface area contributed by atoms with E-state index in [0.29, 0.717) is 19.0 Å². The van der Waals surface area contributed by atoms with E-state index in [-0.39, 0.29) is 11.5 Å². The van der Waals surface area contributed by atoms with Crippen LogP contribution >= 0.6 is 0 Å². The van der Waals surface area contributed by atoms with E-state index in [1.54, 1.807) is 22.9 Å². The van der Waals surface area contributed by atoms with Gasteiger partial charge in [0.25, 0.3) is 5.56 Å². The number of amides is 1. The second-order valence-electron chi connectivity index (χ2n) is 4.68. The van der Waals surface area contributed by atoms with E-state index in [4.69, 9.17) is 0 Å². The van der Waals surface area contributed by atoms with Gasteiger partial charge in [-0.1, -0.05) is 6.07 Å². The Morgan fingerprint density at radius 3 is 3.06 bits per heavy atom. The molecule has 0 bridgehead atoms. The highest BCUT2D eigenvalue weighted by atomic mass is 16.2. The van der Waals surface area contributed by atoms with E-state index in [1.165, 1.54) is 6.07 Å². The van der Waals surface area contributed by atoms with Crippen molar-refractivity contribution in [1.29, 1.82) is 0 Å². The predicted molar refractivity (Wildman–Crippen MR) is 69.4 cm³/mol. The molecular formula is C13H19N3O2. The van der Waals surface area contributed by atoms with Crippen LogP contribution in [-0.2, 0) is 11.3 Å². The number of nitrogens with one attached hydrogen (secondary N) is 1. The number of carbonyl (C=O) groups is 1. The van der Waals surface area contributed by atoms with Crippen LogP contribution in [0, 0.1) is 0 Å². The van der Waals surface area contributed by atoms with Crippen molar-refractivity contribution in [3.63, 3.8) is 0 Å². The molecule has 1 saturated heterocycles. The van der Waals surface area contributed by atoms with Crippen molar-refractivity contribution in [3.8, 4) is 0 Å². The smallest absolute Gasteiger partial charge is 0.250 e. The van der Waals surface area contributed by atoms with E-state index >= 15 is 0 Å². The molecule has 2 rings (SSSR count). The van der Waals surface area contributed by atoms with Crippen LogP contribution in [0.1, 0.15) is 13.3 Å². The lowest BCUT2D eigenvalue weighted by atomic mass is 10.2. The van der Waals surface area contributed by atoms with Crippen LogP contribution in [-0.4, -0.2) is 41.1 Å². The summed E-state index contributed by atoms with van der Waals surface area (Å²) >= 11 is 0. The molecule has 1 aromatic heterocycles. The SMILES string of the molecule is CC1CN(C(=O)CCn2ccccc2=O)CCN1. The van der Waals surface area contributed by atoms with E-state index < -0.39 is 0 Å². The molecule has 0 aliphatic carbocycles. The third-order valence-corrected chi connectivity index (χ3v) is 3.19. The number of piperazine rings is 1. The summed E-state index contributed by atoms with van der Waals surface area (Å²) in [4.78, 5) is 25.4. The summed E-state index contributed by atoms with van der Waals surface area (Å²) in [6.07, 6.45) is 2.10. The van der Waals surface area contributed by atoms with Gasteiger partial charge in [0, 0.05) is 50.9 Å². The van der Waals surface area contributed by atoms with Crippen molar-refractivity contribution in [2.75, 3.05) is 19.6 Å². The average Bonchev–Trinajstić information content (AvgIpc) is 2.37. The summed E-state index contributed by atoms with van der Waals surface area (Å²) in [6.45, 7) is 4.88. The zero-order valence-electron chi connectivity index (χ0n) is 10.6. The topological polar surface area (TPSA) is 54.3 Å². The van der Waals surface area contributed by atoms with Gasteiger partial charge < -0.3 is 14.8 Å². The number of aryl methyl sites for hydroxylation is 1. The van der Waals surface area contributed by atoms with E-state index in [9.17, 15) is 9.59 Å². The molecule has 1 fully saturated rings. The summed E-state index contributed by atoms with van der Waals surface area (Å²) < 4.78 is 1.57. The number of carbonyl (C=O) groups excluding carboxylic acids is 1. The van der Waals surface area contributed by atoms with Crippen molar-refractivity contribution in [2.24, 2.45) is 0 Å². The standard InChI is InChI=1S/C13H19N3O2/c1-11-10-16(9-6-14-11)13(18)5-8-15-7-3-2-4-12(15)17/h2-4,7,11,14H,5-6,8-10H2,1H3. The Morgan fingerprint density at radius 1 is 1.50 bits per heavy atom. The third kappa shape index (κ3) is 3.20. The number of nitrogens with zero attached hydrogens (tertiary/aromatic N) is 2. The molecule has 1 N–H and O–H groups in total. The van der Waals surface area contributed by atoms with E-state index in [2.05, 4.69) is 12.2 Å². The lowest BCUT2D eigenvalue weighted by Crippen LogP contribution is -2.51. The molecule has 1 aliphatic rings. The maximum Gasteiger partial charge on any atom is 0.250 e. The second kappa shape index (κ2) is 5.82. The quantitative estimate of drug-likeness (QED) is 0.824. The molecular weight excluding hydrogens is 230 g/mol. The number of hydrogen-bond acceptors (Lipinski definition) is 3. The van der Waals surface area contributed by atoms with Crippen LogP contribution in [0.5, 0.6) is 0 Å². The van der Waals surface area contributed by atoms with Crippen molar-refractivity contribution >= 4 is 5.91 Å². The Morgan fingerprint density at radius 2 is 2.33 bits per heavy atom. The molecule has 18 heavy (non-hydrogen) atoms. The van der Waals surface area contributed by atoms with Gasteiger partial charge in [0.2, 0.25) is 5.91 Å². The molecule has 0 saturated carbocycles. The van der Waals surface area contributed by atoms with Gasteiger partial charge in [0.05, 0.1) is 0 Å². The van der Waals surface area contributed by atoms with E-state index in [0.717, 1.165) is 19.6 Å². The summed E-state index contributed by atoms with van der Waals surface area (Å²) in [5.41, 5.74) is -0.0565. The lowest BCUT2D eigenvalue weighted by Gasteiger charge is -2.32. The Labute approximate surface area is 106 Å². The average molecular weight is 249 g/mol. The summed E-state index contributed by atoms with van der Waals surface area (Å²) in [5, 5.41) is 3.30. The van der Waals surface area contributed by atoms with Crippen molar-refractivity contribution in [1.82, 2.24) is 14.8 Å². The third-order valence-electron chi connectivity index (χ3n) is 3.19. The zero-order valence-corrected chi connectivity index (χ0v) is 10.6. The minimum Gasteiger partial charge on any atom is -0.340 e. The first-order valence-corrected chi connectivity index (χ1v) is 6.33. The number of pyridine rings is 1. The lowest BCUT2D eigenvalue weighted by molar-refractivity contribution is -0.132.